The number of hydrogen-bond donors (Lipinski definition) is 0. The zero-order chi connectivity index (χ0) is 12.9. The van der Waals surface area contributed by atoms with Crippen LogP contribution in [0, 0.1) is 28.5 Å². The first-order valence-corrected chi connectivity index (χ1v) is 5.73. The van der Waals surface area contributed by atoms with Crippen LogP contribution in [0.5, 0.6) is 5.75 Å². The van der Waals surface area contributed by atoms with E-state index in [-0.39, 0.29) is 22.9 Å². The fourth-order valence-electron chi connectivity index (χ4n) is 1.77. The molecule has 1 unspecified atom stereocenters. The van der Waals surface area contributed by atoms with E-state index in [1.165, 1.54) is 6.07 Å². The molecule has 92 valence electrons. The molecule has 0 aliphatic rings. The Bertz CT molecular complexity index is 409. The SMILES string of the molecule is CC(COc1ccccc1F)CC(C)(C)C#N. The highest BCUT2D eigenvalue weighted by molar-refractivity contribution is 5.23. The van der Waals surface area contributed by atoms with E-state index in [0.717, 1.165) is 6.42 Å². The minimum absolute atomic E-state index is 0.212. The van der Waals surface area contributed by atoms with Crippen LogP contribution in [0.2, 0.25) is 0 Å². The lowest BCUT2D eigenvalue weighted by Gasteiger charge is -2.20. The predicted octanol–water partition coefficient (Wildman–Crippen LogP) is 3.78. The highest BCUT2D eigenvalue weighted by atomic mass is 19.1. The number of benzene rings is 1. The van der Waals surface area contributed by atoms with Gasteiger partial charge in [0.2, 0.25) is 0 Å². The number of rotatable bonds is 5. The van der Waals surface area contributed by atoms with Crippen LogP contribution in [0.3, 0.4) is 0 Å². The van der Waals surface area contributed by atoms with Crippen molar-refractivity contribution in [3.8, 4) is 11.8 Å². The van der Waals surface area contributed by atoms with Gasteiger partial charge in [-0.25, -0.2) is 4.39 Å². The summed E-state index contributed by atoms with van der Waals surface area (Å²) in [5.74, 6) is 0.137. The molecule has 0 amide bonds. The average molecular weight is 235 g/mol. The van der Waals surface area contributed by atoms with Crippen LogP contribution in [0.1, 0.15) is 27.2 Å². The lowest BCUT2D eigenvalue weighted by molar-refractivity contribution is 0.215. The monoisotopic (exact) mass is 235 g/mol. The van der Waals surface area contributed by atoms with Crippen molar-refractivity contribution in [3.63, 3.8) is 0 Å². The van der Waals surface area contributed by atoms with E-state index in [1.807, 2.05) is 20.8 Å². The summed E-state index contributed by atoms with van der Waals surface area (Å²) in [5.41, 5.74) is -0.363. The summed E-state index contributed by atoms with van der Waals surface area (Å²) in [4.78, 5) is 0. The molecule has 17 heavy (non-hydrogen) atoms. The zero-order valence-corrected chi connectivity index (χ0v) is 10.5. The van der Waals surface area contributed by atoms with E-state index in [0.29, 0.717) is 6.61 Å². The second-order valence-electron chi connectivity index (χ2n) is 5.05. The summed E-state index contributed by atoms with van der Waals surface area (Å²) in [6, 6.07) is 8.60. The summed E-state index contributed by atoms with van der Waals surface area (Å²) in [5, 5.41) is 8.92. The predicted molar refractivity (Wildman–Crippen MR) is 65.1 cm³/mol. The van der Waals surface area contributed by atoms with Gasteiger partial charge in [-0.05, 0) is 38.3 Å². The van der Waals surface area contributed by atoms with Crippen LogP contribution in [0.25, 0.3) is 0 Å². The molecule has 0 saturated heterocycles. The third-order valence-electron chi connectivity index (χ3n) is 2.52. The highest BCUT2D eigenvalue weighted by Crippen LogP contribution is 2.25. The van der Waals surface area contributed by atoms with Crippen molar-refractivity contribution in [2.75, 3.05) is 6.61 Å². The maximum absolute atomic E-state index is 13.3. The van der Waals surface area contributed by atoms with Crippen molar-refractivity contribution in [1.82, 2.24) is 0 Å². The fraction of sp³-hybridized carbons (Fsp3) is 0.500. The second-order valence-corrected chi connectivity index (χ2v) is 5.05. The van der Waals surface area contributed by atoms with Gasteiger partial charge in [0, 0.05) is 0 Å². The molecule has 1 rings (SSSR count). The minimum Gasteiger partial charge on any atom is -0.490 e. The van der Waals surface area contributed by atoms with Gasteiger partial charge in [-0.1, -0.05) is 19.1 Å². The summed E-state index contributed by atoms with van der Waals surface area (Å²) < 4.78 is 18.7. The molecule has 3 heteroatoms. The van der Waals surface area contributed by atoms with E-state index >= 15 is 0 Å². The van der Waals surface area contributed by atoms with Gasteiger partial charge < -0.3 is 4.74 Å². The molecule has 0 saturated carbocycles. The van der Waals surface area contributed by atoms with Crippen molar-refractivity contribution in [3.05, 3.63) is 30.1 Å². The van der Waals surface area contributed by atoms with Crippen LogP contribution in [0.4, 0.5) is 4.39 Å². The van der Waals surface area contributed by atoms with Gasteiger partial charge in [0.15, 0.2) is 11.6 Å². The molecule has 0 heterocycles. The van der Waals surface area contributed by atoms with Crippen LogP contribution in [0.15, 0.2) is 24.3 Å². The van der Waals surface area contributed by atoms with E-state index in [4.69, 9.17) is 10.00 Å². The zero-order valence-electron chi connectivity index (χ0n) is 10.5. The van der Waals surface area contributed by atoms with Crippen molar-refractivity contribution < 1.29 is 9.13 Å². The first kappa shape index (κ1) is 13.5. The minimum atomic E-state index is -0.363. The molecule has 0 bridgehead atoms. The maximum Gasteiger partial charge on any atom is 0.165 e. The molecule has 0 fully saturated rings. The van der Waals surface area contributed by atoms with Gasteiger partial charge in [0.05, 0.1) is 18.1 Å². The smallest absolute Gasteiger partial charge is 0.165 e. The standard InChI is InChI=1S/C14H18FNO/c1-11(8-14(2,3)10-16)9-17-13-7-5-4-6-12(13)15/h4-7,11H,8-9H2,1-3H3. The van der Waals surface area contributed by atoms with Crippen LogP contribution < -0.4 is 4.74 Å². The Hall–Kier alpha value is -1.56. The van der Waals surface area contributed by atoms with Crippen LogP contribution >= 0.6 is 0 Å². The van der Waals surface area contributed by atoms with Crippen LogP contribution in [-0.4, -0.2) is 6.61 Å². The van der Waals surface area contributed by atoms with E-state index in [2.05, 4.69) is 6.07 Å². The topological polar surface area (TPSA) is 33.0 Å². The third-order valence-corrected chi connectivity index (χ3v) is 2.52. The van der Waals surface area contributed by atoms with Crippen molar-refractivity contribution >= 4 is 0 Å². The number of para-hydroxylation sites is 1. The Balaban J connectivity index is 2.47. The van der Waals surface area contributed by atoms with E-state index in [1.54, 1.807) is 18.2 Å². The maximum atomic E-state index is 13.3. The van der Waals surface area contributed by atoms with Gasteiger partial charge in [0.25, 0.3) is 0 Å². The van der Waals surface area contributed by atoms with Gasteiger partial charge in [-0.15, -0.1) is 0 Å². The molecule has 1 aromatic rings. The number of nitriles is 1. The lowest BCUT2D eigenvalue weighted by atomic mass is 9.85. The van der Waals surface area contributed by atoms with E-state index in [9.17, 15) is 4.39 Å². The van der Waals surface area contributed by atoms with Crippen molar-refractivity contribution in [1.29, 1.82) is 5.26 Å². The number of ether oxygens (including phenoxy) is 1. The van der Waals surface area contributed by atoms with Gasteiger partial charge in [-0.3, -0.25) is 0 Å². The molecule has 0 radical (unpaired) electrons. The Morgan fingerprint density at radius 2 is 2.06 bits per heavy atom. The normalized spacial score (nSPS) is 12.9. The van der Waals surface area contributed by atoms with Gasteiger partial charge >= 0.3 is 0 Å². The number of halogens is 1. The molecule has 1 aromatic carbocycles. The van der Waals surface area contributed by atoms with E-state index < -0.39 is 0 Å². The number of hydrogen-bond acceptors (Lipinski definition) is 2. The molecule has 0 N–H and O–H groups in total. The largest absolute Gasteiger partial charge is 0.490 e. The highest BCUT2D eigenvalue weighted by Gasteiger charge is 2.20. The molecule has 0 aliphatic heterocycles. The fourth-order valence-corrected chi connectivity index (χ4v) is 1.77. The molecule has 0 aromatic heterocycles. The van der Waals surface area contributed by atoms with Gasteiger partial charge in [-0.2, -0.15) is 5.26 Å². The first-order chi connectivity index (χ1) is 7.94. The Labute approximate surface area is 102 Å². The number of nitrogens with zero attached hydrogens (tertiary/aromatic N) is 1. The summed E-state index contributed by atoms with van der Waals surface area (Å²) in [6.07, 6.45) is 0.734. The third kappa shape index (κ3) is 4.44. The molecule has 1 atom stereocenters. The average Bonchev–Trinajstić information content (AvgIpc) is 2.27. The molecule has 0 spiro atoms. The quantitative estimate of drug-likeness (QED) is 0.778. The van der Waals surface area contributed by atoms with Crippen molar-refractivity contribution in [2.45, 2.75) is 27.2 Å². The second kappa shape index (κ2) is 5.67. The molecular formula is C14H18FNO. The lowest BCUT2D eigenvalue weighted by Crippen LogP contribution is -2.18. The Morgan fingerprint density at radius 1 is 1.41 bits per heavy atom. The van der Waals surface area contributed by atoms with Gasteiger partial charge in [0.1, 0.15) is 0 Å². The summed E-state index contributed by atoms with van der Waals surface area (Å²) in [6.45, 7) is 6.21. The van der Waals surface area contributed by atoms with Crippen LogP contribution in [-0.2, 0) is 0 Å². The first-order valence-electron chi connectivity index (χ1n) is 5.73. The Morgan fingerprint density at radius 3 is 2.65 bits per heavy atom. The molecular weight excluding hydrogens is 217 g/mol. The summed E-state index contributed by atoms with van der Waals surface area (Å²) in [7, 11) is 0. The summed E-state index contributed by atoms with van der Waals surface area (Å²) >= 11 is 0. The Kier molecular flexibility index (Phi) is 4.51. The van der Waals surface area contributed by atoms with Crippen molar-refractivity contribution in [2.24, 2.45) is 11.3 Å². The molecule has 0 aliphatic carbocycles. The molecule has 2 nitrogen and oxygen atoms in total.